The van der Waals surface area contributed by atoms with Gasteiger partial charge in [0.2, 0.25) is 0 Å². The highest BCUT2D eigenvalue weighted by molar-refractivity contribution is 5.69. The van der Waals surface area contributed by atoms with Gasteiger partial charge in [0, 0.05) is 13.0 Å². The lowest BCUT2D eigenvalue weighted by Crippen LogP contribution is -2.15. The van der Waals surface area contributed by atoms with E-state index in [-0.39, 0.29) is 5.97 Å². The highest BCUT2D eigenvalue weighted by Gasteiger charge is 2.02. The molecule has 39 heavy (non-hydrogen) atoms. The van der Waals surface area contributed by atoms with E-state index in [1.807, 2.05) is 0 Å². The summed E-state index contributed by atoms with van der Waals surface area (Å²) in [6, 6.07) is 0. The van der Waals surface area contributed by atoms with Crippen molar-refractivity contribution in [1.29, 1.82) is 0 Å². The van der Waals surface area contributed by atoms with E-state index in [0.29, 0.717) is 85.7 Å². The lowest BCUT2D eigenvalue weighted by Gasteiger charge is -2.08. The van der Waals surface area contributed by atoms with Crippen LogP contribution in [0.3, 0.4) is 0 Å². The zero-order valence-corrected chi connectivity index (χ0v) is 25.6. The molecular formula is C31H62O8. The molecule has 0 aliphatic rings. The molecule has 0 atom stereocenters. The molecule has 0 bridgehead atoms. The van der Waals surface area contributed by atoms with Gasteiger partial charge >= 0.3 is 5.97 Å². The molecule has 0 amide bonds. The van der Waals surface area contributed by atoms with Gasteiger partial charge in [-0.05, 0) is 12.8 Å². The third kappa shape index (κ3) is 35.2. The Morgan fingerprint density at radius 2 is 0.667 bits per heavy atom. The van der Waals surface area contributed by atoms with Crippen molar-refractivity contribution in [3.05, 3.63) is 0 Å². The number of hydrogen-bond acceptors (Lipinski definition) is 8. The monoisotopic (exact) mass is 562 g/mol. The molecule has 0 N–H and O–H groups in total. The molecule has 8 heteroatoms. The standard InChI is InChI=1S/C31H62O8/c1-3-5-7-9-10-11-12-13-14-16-18-33-19-20-34-21-22-35-23-24-36-25-26-37-27-28-38-29-30-39-31(32)17-15-8-6-4-2/h3-30H2,1-2H3. The highest BCUT2D eigenvalue weighted by Crippen LogP contribution is 2.10. The molecule has 0 rings (SSSR count). The Kier molecular flexibility index (Phi) is 34.6. The average molecular weight is 563 g/mol. The topological polar surface area (TPSA) is 81.7 Å². The number of rotatable bonds is 34. The van der Waals surface area contributed by atoms with Gasteiger partial charge < -0.3 is 33.2 Å². The average Bonchev–Trinajstić information content (AvgIpc) is 2.94. The van der Waals surface area contributed by atoms with Crippen LogP contribution in [0.2, 0.25) is 0 Å². The summed E-state index contributed by atoms with van der Waals surface area (Å²) in [7, 11) is 0. The SMILES string of the molecule is CCCCCCCCCCCCOCCOCCOCCOCCOCCOCCOC(=O)CCCCCC. The van der Waals surface area contributed by atoms with E-state index in [1.54, 1.807) is 0 Å². The zero-order valence-electron chi connectivity index (χ0n) is 25.6. The van der Waals surface area contributed by atoms with Crippen molar-refractivity contribution in [1.82, 2.24) is 0 Å². The maximum atomic E-state index is 11.5. The lowest BCUT2D eigenvalue weighted by molar-refractivity contribution is -0.145. The zero-order chi connectivity index (χ0) is 28.3. The van der Waals surface area contributed by atoms with Crippen LogP contribution in [0, 0.1) is 0 Å². The van der Waals surface area contributed by atoms with Crippen LogP contribution in [0.4, 0.5) is 0 Å². The van der Waals surface area contributed by atoms with Gasteiger partial charge in [-0.1, -0.05) is 90.9 Å². The van der Waals surface area contributed by atoms with E-state index in [4.69, 9.17) is 33.2 Å². The first-order valence-electron chi connectivity index (χ1n) is 15.9. The third-order valence-corrected chi connectivity index (χ3v) is 6.23. The molecule has 0 aliphatic heterocycles. The maximum absolute atomic E-state index is 11.5. The first-order valence-corrected chi connectivity index (χ1v) is 15.9. The lowest BCUT2D eigenvalue weighted by atomic mass is 10.1. The predicted octanol–water partition coefficient (Wildman–Crippen LogP) is 6.52. The number of unbranched alkanes of at least 4 members (excludes halogenated alkanes) is 12. The van der Waals surface area contributed by atoms with Gasteiger partial charge in [0.05, 0.1) is 72.7 Å². The molecule has 0 fully saturated rings. The van der Waals surface area contributed by atoms with Crippen LogP contribution in [0.15, 0.2) is 0 Å². The number of carbonyl (C=O) groups excluding carboxylic acids is 1. The van der Waals surface area contributed by atoms with Crippen LogP contribution >= 0.6 is 0 Å². The molecular weight excluding hydrogens is 500 g/mol. The van der Waals surface area contributed by atoms with Crippen LogP contribution in [0.5, 0.6) is 0 Å². The fourth-order valence-corrected chi connectivity index (χ4v) is 3.88. The normalized spacial score (nSPS) is 11.3. The van der Waals surface area contributed by atoms with Gasteiger partial charge in [-0.3, -0.25) is 4.79 Å². The van der Waals surface area contributed by atoms with Crippen LogP contribution in [-0.4, -0.2) is 91.9 Å². The maximum Gasteiger partial charge on any atom is 0.305 e. The largest absolute Gasteiger partial charge is 0.463 e. The number of esters is 1. The predicted molar refractivity (Wildman–Crippen MR) is 156 cm³/mol. The van der Waals surface area contributed by atoms with E-state index in [9.17, 15) is 4.79 Å². The minimum absolute atomic E-state index is 0.140. The van der Waals surface area contributed by atoms with Crippen molar-refractivity contribution in [2.45, 2.75) is 110 Å². The van der Waals surface area contributed by atoms with E-state index in [2.05, 4.69) is 13.8 Å². The second-order valence-electron chi connectivity index (χ2n) is 9.89. The summed E-state index contributed by atoms with van der Waals surface area (Å²) in [6.45, 7) is 11.4. The van der Waals surface area contributed by atoms with E-state index in [0.717, 1.165) is 32.3 Å². The van der Waals surface area contributed by atoms with Crippen molar-refractivity contribution in [3.8, 4) is 0 Å². The fourth-order valence-electron chi connectivity index (χ4n) is 3.88. The summed E-state index contributed by atoms with van der Waals surface area (Å²) in [5.74, 6) is -0.140. The molecule has 0 saturated heterocycles. The number of carbonyl (C=O) groups is 1. The minimum Gasteiger partial charge on any atom is -0.463 e. The first kappa shape index (κ1) is 38.2. The Labute approximate surface area is 240 Å². The van der Waals surface area contributed by atoms with Crippen LogP contribution in [-0.2, 0) is 38.0 Å². The second-order valence-corrected chi connectivity index (χ2v) is 9.89. The summed E-state index contributed by atoms with van der Waals surface area (Å²) in [4.78, 5) is 11.5. The molecule has 0 aliphatic carbocycles. The summed E-state index contributed by atoms with van der Waals surface area (Å²) >= 11 is 0. The Hall–Kier alpha value is -0.770. The Bertz CT molecular complexity index is 464. The van der Waals surface area contributed by atoms with Crippen LogP contribution < -0.4 is 0 Å². The number of hydrogen-bond donors (Lipinski definition) is 0. The molecule has 0 aromatic heterocycles. The van der Waals surface area contributed by atoms with Crippen molar-refractivity contribution in [3.63, 3.8) is 0 Å². The summed E-state index contributed by atoms with van der Waals surface area (Å²) < 4.78 is 38.1. The van der Waals surface area contributed by atoms with Gasteiger partial charge in [0.25, 0.3) is 0 Å². The van der Waals surface area contributed by atoms with Gasteiger partial charge in [-0.15, -0.1) is 0 Å². The van der Waals surface area contributed by atoms with Gasteiger partial charge in [-0.25, -0.2) is 0 Å². The summed E-state index contributed by atoms with van der Waals surface area (Å²) in [5, 5.41) is 0. The van der Waals surface area contributed by atoms with E-state index < -0.39 is 0 Å². The van der Waals surface area contributed by atoms with Crippen molar-refractivity contribution < 1.29 is 38.0 Å². The van der Waals surface area contributed by atoms with Gasteiger partial charge in [0.1, 0.15) is 6.61 Å². The van der Waals surface area contributed by atoms with Crippen molar-refractivity contribution in [2.75, 3.05) is 85.9 Å². The van der Waals surface area contributed by atoms with E-state index >= 15 is 0 Å². The molecule has 8 nitrogen and oxygen atoms in total. The highest BCUT2D eigenvalue weighted by atomic mass is 16.6. The molecule has 0 heterocycles. The fraction of sp³-hybridized carbons (Fsp3) is 0.968. The molecule has 0 saturated carbocycles. The first-order chi connectivity index (χ1) is 19.3. The van der Waals surface area contributed by atoms with Crippen molar-refractivity contribution in [2.24, 2.45) is 0 Å². The number of ether oxygens (including phenoxy) is 7. The van der Waals surface area contributed by atoms with Crippen LogP contribution in [0.25, 0.3) is 0 Å². The van der Waals surface area contributed by atoms with E-state index in [1.165, 1.54) is 64.2 Å². The quantitative estimate of drug-likeness (QED) is 0.0648. The molecule has 0 radical (unpaired) electrons. The smallest absolute Gasteiger partial charge is 0.305 e. The minimum atomic E-state index is -0.140. The van der Waals surface area contributed by atoms with Gasteiger partial charge in [-0.2, -0.15) is 0 Å². The third-order valence-electron chi connectivity index (χ3n) is 6.23. The molecule has 0 spiro atoms. The summed E-state index contributed by atoms with van der Waals surface area (Å²) in [5.41, 5.74) is 0. The molecule has 234 valence electrons. The second kappa shape index (κ2) is 35.3. The Balaban J connectivity index is 3.07. The Morgan fingerprint density at radius 1 is 0.359 bits per heavy atom. The summed E-state index contributed by atoms with van der Waals surface area (Å²) in [6.07, 6.45) is 18.3. The molecule has 0 aromatic rings. The van der Waals surface area contributed by atoms with Crippen molar-refractivity contribution >= 4 is 5.97 Å². The Morgan fingerprint density at radius 3 is 1.08 bits per heavy atom. The molecule has 0 unspecified atom stereocenters. The van der Waals surface area contributed by atoms with Crippen LogP contribution in [0.1, 0.15) is 110 Å². The van der Waals surface area contributed by atoms with Gasteiger partial charge in [0.15, 0.2) is 0 Å². The molecule has 0 aromatic carbocycles.